The third kappa shape index (κ3) is 8.21. The molecule has 0 fully saturated rings. The molecule has 17 aromatic carbocycles. The maximum absolute atomic E-state index is 12.0. The van der Waals surface area contributed by atoms with Crippen LogP contribution in [0.15, 0.2) is 352 Å². The maximum atomic E-state index is 12.0. The van der Waals surface area contributed by atoms with Crippen molar-refractivity contribution in [1.29, 1.82) is 5.26 Å². The van der Waals surface area contributed by atoms with Gasteiger partial charge in [0.05, 0.1) is 45.8 Å². The lowest BCUT2D eigenvalue weighted by atomic mass is 9.59. The summed E-state index contributed by atoms with van der Waals surface area (Å²) < 4.78 is 5.12. The summed E-state index contributed by atoms with van der Waals surface area (Å²) in [6.45, 7) is 9.42. The van der Waals surface area contributed by atoms with Crippen molar-refractivity contribution in [2.45, 2.75) is 23.7 Å². The van der Waals surface area contributed by atoms with Gasteiger partial charge in [0.15, 0.2) is 5.69 Å². The fourth-order valence-electron chi connectivity index (χ4n) is 21.6. The Balaban J connectivity index is 0.869. The molecule has 4 aromatic heterocycles. The van der Waals surface area contributed by atoms with E-state index in [2.05, 4.69) is 372 Å². The maximum Gasteiger partial charge on any atom is 0.193 e. The van der Waals surface area contributed by atoms with Gasteiger partial charge in [-0.2, -0.15) is 5.26 Å². The first kappa shape index (κ1) is 61.3. The van der Waals surface area contributed by atoms with Crippen LogP contribution >= 0.6 is 0 Å². The summed E-state index contributed by atoms with van der Waals surface area (Å²) in [5.41, 5.74) is 41.2. The predicted octanol–water partition coefficient (Wildman–Crippen LogP) is 27.7. The quantitative estimate of drug-likeness (QED) is 0.140. The van der Waals surface area contributed by atoms with Gasteiger partial charge in [-0.3, -0.25) is 0 Å². The fraction of sp³-hybridized carbons (Fsp3) is 0.0370. The van der Waals surface area contributed by atoms with E-state index in [1.54, 1.807) is 0 Å². The van der Waals surface area contributed by atoms with Crippen LogP contribution < -0.4 is 0 Å². The number of rotatable bonds is 8. The van der Waals surface area contributed by atoms with Crippen LogP contribution in [0.25, 0.3) is 170 Å². The summed E-state index contributed by atoms with van der Waals surface area (Å²) in [5, 5.41) is 21.2. The Labute approximate surface area is 646 Å². The molecule has 0 radical (unpaired) electrons. The number of aromatic nitrogens is 2. The monoisotopic (exact) mass is 1410 g/mol. The summed E-state index contributed by atoms with van der Waals surface area (Å²) in [5.74, 6) is -0.490. The van der Waals surface area contributed by atoms with Crippen molar-refractivity contribution in [3.05, 3.63) is 436 Å². The molecule has 0 N–H and O–H groups in total. The zero-order valence-corrected chi connectivity index (χ0v) is 60.6. The van der Waals surface area contributed by atoms with Gasteiger partial charge >= 0.3 is 0 Å². The average Bonchev–Trinajstić information content (AvgIpc) is 1.40. The van der Waals surface area contributed by atoms with Gasteiger partial charge in [-0.15, -0.1) is 0 Å². The van der Waals surface area contributed by atoms with E-state index in [4.69, 9.17) is 0 Å². The molecule has 0 aliphatic heterocycles. The highest BCUT2D eigenvalue weighted by atomic mass is 14.9. The average molecular weight is 1420 g/mol. The first-order chi connectivity index (χ1) is 55.5. The predicted molar refractivity (Wildman–Crippen MR) is 460 cm³/mol. The van der Waals surface area contributed by atoms with E-state index in [-0.39, 0.29) is 23.7 Å². The number of benzene rings is 17. The van der Waals surface area contributed by atoms with E-state index >= 15 is 0 Å². The Morgan fingerprint density at radius 1 is 0.250 bits per heavy atom. The lowest BCUT2D eigenvalue weighted by Gasteiger charge is -2.43. The fourth-order valence-corrected chi connectivity index (χ4v) is 21.6. The SMILES string of the molecule is [C-]#[N+]c1cc2c(c3c1C1c4ccccc4C3c3ccccc31)c1cc(-c3c(-c4ccccc4)cc(-c4ccccc4)cc3-c3ccccc3)cc3c4cc5c(cc4n2c31)c1cc(-c2c(-c3ccccc3)cc(-c3ccccc3)cc2-c2ccccc2)cc2c3c4c(c(C#N)cc3n5c12)C1c2ccccc2C4c2ccccc21. The Bertz CT molecular complexity index is 7070. The van der Waals surface area contributed by atoms with Crippen LogP contribution in [0, 0.1) is 17.9 Å². The molecule has 21 aromatic rings. The minimum absolute atomic E-state index is 0.119. The third-order valence-corrected chi connectivity index (χ3v) is 25.9. The highest BCUT2D eigenvalue weighted by Crippen LogP contribution is 2.64. The van der Waals surface area contributed by atoms with E-state index in [1.165, 1.54) is 66.4 Å². The molecule has 514 valence electrons. The van der Waals surface area contributed by atoms with Crippen LogP contribution in [-0.4, -0.2) is 8.80 Å². The third-order valence-electron chi connectivity index (χ3n) is 25.9. The van der Waals surface area contributed by atoms with Crippen LogP contribution in [-0.2, 0) is 0 Å². The first-order valence-electron chi connectivity index (χ1n) is 38.9. The molecular formula is C108H62N4. The second kappa shape index (κ2) is 22.9. The molecule has 4 heterocycles. The van der Waals surface area contributed by atoms with Crippen molar-refractivity contribution in [3.63, 3.8) is 0 Å². The van der Waals surface area contributed by atoms with Crippen molar-refractivity contribution in [2.24, 2.45) is 0 Å². The largest absolute Gasteiger partial charge is 0.309 e. The minimum Gasteiger partial charge on any atom is -0.309 e. The standard InChI is InChI=1S/C108H62N4/c1-110-90-59-94-103(106-101-78-46-26-22-42-74(78)99(104(90)106)75-43-23-27-47-79(75)101)89-55-70(96-82(65-36-16-6-17-37-65)50-68(62-30-10-3-11-31-62)51-83(96)66-38-18-7-19-39-66)53-87-85-57-91-84(58-92(85)112(94)108(87)89)86-52-69(95-80(63-32-12-4-13-33-63)48-67(61-28-8-2-9-29-61)49-81(95)64-34-14-5-15-35-64)54-88-102-93(111(91)107(86)88)56-71(60-109)97-98-72-40-20-24-44-76(72)100(105(97)102)77-45-25-21-41-73(77)98/h2-59,98-101H. The highest BCUT2D eigenvalue weighted by molar-refractivity contribution is 6.32. The second-order valence-electron chi connectivity index (χ2n) is 31.2. The van der Waals surface area contributed by atoms with Crippen molar-refractivity contribution in [3.8, 4) is 95.1 Å². The first-order valence-corrected chi connectivity index (χ1v) is 38.9. The van der Waals surface area contributed by atoms with Crippen molar-refractivity contribution >= 4 is 81.9 Å². The van der Waals surface area contributed by atoms with Gasteiger partial charge in [-0.1, -0.05) is 279 Å². The van der Waals surface area contributed by atoms with Crippen molar-refractivity contribution < 1.29 is 0 Å². The number of hydrogen-bond donors (Lipinski definition) is 0. The Morgan fingerprint density at radius 2 is 0.536 bits per heavy atom. The van der Waals surface area contributed by atoms with Gasteiger partial charge in [-0.05, 0) is 229 Å². The molecular weight excluding hydrogens is 1350 g/mol. The molecule has 0 unspecified atom stereocenters. The van der Waals surface area contributed by atoms with Gasteiger partial charge < -0.3 is 8.80 Å². The number of fused-ring (bicyclic) bond motifs is 12. The lowest BCUT2D eigenvalue weighted by molar-refractivity contribution is 0.759. The molecule has 0 saturated carbocycles. The molecule has 0 spiro atoms. The summed E-state index contributed by atoms with van der Waals surface area (Å²) in [7, 11) is 0. The number of nitriles is 1. The van der Waals surface area contributed by atoms with E-state index in [1.807, 2.05) is 0 Å². The molecule has 112 heavy (non-hydrogen) atoms. The van der Waals surface area contributed by atoms with E-state index in [0.717, 1.165) is 166 Å². The second-order valence-corrected chi connectivity index (χ2v) is 31.2. The van der Waals surface area contributed by atoms with Gasteiger partial charge in [0.1, 0.15) is 0 Å². The van der Waals surface area contributed by atoms with Crippen molar-refractivity contribution in [2.75, 3.05) is 0 Å². The van der Waals surface area contributed by atoms with Crippen LogP contribution in [0.2, 0.25) is 0 Å². The van der Waals surface area contributed by atoms with E-state index in [0.29, 0.717) is 11.3 Å². The summed E-state index contributed by atoms with van der Waals surface area (Å²) >= 11 is 0. The van der Waals surface area contributed by atoms with Gasteiger partial charge in [0, 0.05) is 72.3 Å². The van der Waals surface area contributed by atoms with Crippen LogP contribution in [0.1, 0.15) is 96.0 Å². The molecule has 4 bridgehead atoms. The summed E-state index contributed by atoms with van der Waals surface area (Å²) in [6.07, 6.45) is 0. The minimum atomic E-state index is -0.127. The molecule has 4 heteroatoms. The summed E-state index contributed by atoms with van der Waals surface area (Å²) in [6, 6.07) is 134. The molecule has 6 aliphatic rings. The normalized spacial score (nSPS) is 15.5. The highest BCUT2D eigenvalue weighted by Gasteiger charge is 2.47. The number of nitrogens with zero attached hydrogens (tertiary/aromatic N) is 4. The zero-order chi connectivity index (χ0) is 73.3. The van der Waals surface area contributed by atoms with Crippen LogP contribution in [0.3, 0.4) is 0 Å². The Kier molecular flexibility index (Phi) is 12.6. The molecule has 27 rings (SSSR count). The van der Waals surface area contributed by atoms with Crippen molar-refractivity contribution in [1.82, 2.24) is 8.80 Å². The number of hydrogen-bond acceptors (Lipinski definition) is 1. The topological polar surface area (TPSA) is 37.0 Å². The molecule has 0 amide bonds. The van der Waals surface area contributed by atoms with Gasteiger partial charge in [-0.25, -0.2) is 4.85 Å². The molecule has 6 aliphatic carbocycles. The zero-order valence-electron chi connectivity index (χ0n) is 60.6. The van der Waals surface area contributed by atoms with Crippen LogP contribution in [0.4, 0.5) is 5.69 Å². The van der Waals surface area contributed by atoms with Crippen LogP contribution in [0.5, 0.6) is 0 Å². The van der Waals surface area contributed by atoms with Gasteiger partial charge in [0.25, 0.3) is 0 Å². The van der Waals surface area contributed by atoms with E-state index < -0.39 is 0 Å². The Hall–Kier alpha value is -14.7. The molecule has 4 nitrogen and oxygen atoms in total. The smallest absolute Gasteiger partial charge is 0.193 e. The van der Waals surface area contributed by atoms with Gasteiger partial charge in [0.2, 0.25) is 0 Å². The van der Waals surface area contributed by atoms with E-state index in [9.17, 15) is 11.8 Å². The molecule has 0 atom stereocenters. The lowest BCUT2D eigenvalue weighted by Crippen LogP contribution is -2.28. The summed E-state index contributed by atoms with van der Waals surface area (Å²) in [4.78, 5) is 4.65. The Morgan fingerprint density at radius 3 is 0.866 bits per heavy atom. The molecule has 0 saturated heterocycles.